The molecule has 0 bridgehead atoms. The van der Waals surface area contributed by atoms with Crippen LogP contribution in [0, 0.1) is 20.8 Å². The first-order chi connectivity index (χ1) is 18.4. The summed E-state index contributed by atoms with van der Waals surface area (Å²) in [6.45, 7) is 6.52. The highest BCUT2D eigenvalue weighted by Gasteiger charge is 2.43. The predicted octanol–water partition coefficient (Wildman–Crippen LogP) is 5.56. The van der Waals surface area contributed by atoms with Crippen LogP contribution in [0.2, 0.25) is 0 Å². The zero-order chi connectivity index (χ0) is 26.8. The van der Waals surface area contributed by atoms with Crippen molar-refractivity contribution < 1.29 is 9.53 Å². The molecule has 1 fully saturated rings. The highest BCUT2D eigenvalue weighted by Crippen LogP contribution is 2.45. The van der Waals surface area contributed by atoms with Crippen molar-refractivity contribution in [2.45, 2.75) is 32.9 Å². The molecule has 1 aliphatic heterocycles. The standard InChI is InChI=1S/C30H31N5O2S/c1-19-20(2)34(23-10-6-5-7-11-23)21(3)27(19)29-28(25-12-8-9-17-31-25)33-30(38)35(29)24-15-13-22(14-16-24)32-26(36)18-37-4/h5-17,28-29H,18H2,1-4H3,(H,32,36)(H,33,38)/t28-,29-/m1/s1. The SMILES string of the molecule is COCC(=O)Nc1ccc(N2C(=S)N[C@H](c3ccccn3)[C@H]2c2c(C)c(C)n(-c3ccccc3)c2C)cc1. The summed E-state index contributed by atoms with van der Waals surface area (Å²) in [5.74, 6) is -0.198. The quantitative estimate of drug-likeness (QED) is 0.308. The number of benzene rings is 2. The van der Waals surface area contributed by atoms with Crippen LogP contribution < -0.4 is 15.5 Å². The highest BCUT2D eigenvalue weighted by molar-refractivity contribution is 7.80. The molecule has 0 spiro atoms. The zero-order valence-electron chi connectivity index (χ0n) is 21.9. The molecule has 2 aromatic heterocycles. The summed E-state index contributed by atoms with van der Waals surface area (Å²) < 4.78 is 7.24. The van der Waals surface area contributed by atoms with Gasteiger partial charge in [0.2, 0.25) is 5.91 Å². The number of aromatic nitrogens is 2. The minimum Gasteiger partial charge on any atom is -0.375 e. The van der Waals surface area contributed by atoms with Crippen LogP contribution in [-0.4, -0.2) is 34.3 Å². The molecule has 1 saturated heterocycles. The first kappa shape index (κ1) is 25.6. The number of para-hydroxylation sites is 1. The largest absolute Gasteiger partial charge is 0.375 e. The third-order valence-corrected chi connectivity index (χ3v) is 7.43. The van der Waals surface area contributed by atoms with Gasteiger partial charge in [-0.2, -0.15) is 0 Å². The molecule has 0 unspecified atom stereocenters. The van der Waals surface area contributed by atoms with E-state index in [4.69, 9.17) is 21.9 Å². The first-order valence-corrected chi connectivity index (χ1v) is 12.9. The molecule has 3 heterocycles. The molecule has 2 aromatic carbocycles. The van der Waals surface area contributed by atoms with Crippen LogP contribution in [0.3, 0.4) is 0 Å². The molecule has 5 rings (SSSR count). The average molecular weight is 526 g/mol. The van der Waals surface area contributed by atoms with E-state index < -0.39 is 0 Å². The van der Waals surface area contributed by atoms with Gasteiger partial charge in [0.05, 0.1) is 17.8 Å². The summed E-state index contributed by atoms with van der Waals surface area (Å²) in [5, 5.41) is 7.04. The number of nitrogens with zero attached hydrogens (tertiary/aromatic N) is 3. The molecular formula is C30H31N5O2S. The molecule has 4 aromatic rings. The molecule has 194 valence electrons. The molecule has 1 amide bonds. The van der Waals surface area contributed by atoms with Crippen molar-refractivity contribution in [2.75, 3.05) is 23.9 Å². The van der Waals surface area contributed by atoms with Crippen molar-refractivity contribution in [3.8, 4) is 5.69 Å². The van der Waals surface area contributed by atoms with Gasteiger partial charge in [-0.05, 0) is 87.1 Å². The number of carbonyl (C=O) groups excluding carboxylic acids is 1. The fraction of sp³-hybridized carbons (Fsp3) is 0.233. The maximum atomic E-state index is 12.0. The van der Waals surface area contributed by atoms with Gasteiger partial charge in [-0.1, -0.05) is 24.3 Å². The number of carbonyl (C=O) groups is 1. The maximum Gasteiger partial charge on any atom is 0.250 e. The monoisotopic (exact) mass is 525 g/mol. The Hall–Kier alpha value is -4.01. The van der Waals surface area contributed by atoms with Crippen molar-refractivity contribution in [3.05, 3.63) is 107 Å². The van der Waals surface area contributed by atoms with Crippen molar-refractivity contribution >= 4 is 34.6 Å². The number of ether oxygens (including phenoxy) is 1. The number of hydrogen-bond donors (Lipinski definition) is 2. The third kappa shape index (κ3) is 4.68. The molecule has 7 nitrogen and oxygen atoms in total. The van der Waals surface area contributed by atoms with Crippen molar-refractivity contribution in [2.24, 2.45) is 0 Å². The van der Waals surface area contributed by atoms with Gasteiger partial charge < -0.3 is 24.8 Å². The normalized spacial score (nSPS) is 16.9. The Morgan fingerprint density at radius 3 is 2.34 bits per heavy atom. The van der Waals surface area contributed by atoms with Gasteiger partial charge in [-0.25, -0.2) is 0 Å². The highest BCUT2D eigenvalue weighted by atomic mass is 32.1. The molecule has 0 saturated carbocycles. The van der Waals surface area contributed by atoms with E-state index in [0.717, 1.165) is 22.8 Å². The third-order valence-electron chi connectivity index (χ3n) is 7.12. The van der Waals surface area contributed by atoms with E-state index in [0.29, 0.717) is 10.8 Å². The molecular weight excluding hydrogens is 494 g/mol. The second kappa shape index (κ2) is 10.8. The molecule has 38 heavy (non-hydrogen) atoms. The van der Waals surface area contributed by atoms with Gasteiger partial charge in [-0.3, -0.25) is 9.78 Å². The van der Waals surface area contributed by atoms with Crippen molar-refractivity contribution in [1.82, 2.24) is 14.9 Å². The van der Waals surface area contributed by atoms with Crippen LogP contribution in [0.25, 0.3) is 5.69 Å². The van der Waals surface area contributed by atoms with E-state index in [9.17, 15) is 4.79 Å². The summed E-state index contributed by atoms with van der Waals surface area (Å²) in [6.07, 6.45) is 1.82. The van der Waals surface area contributed by atoms with Crippen LogP contribution >= 0.6 is 12.2 Å². The molecule has 0 radical (unpaired) electrons. The number of anilines is 2. The Balaban J connectivity index is 1.61. The average Bonchev–Trinajstić information content (AvgIpc) is 3.37. The number of amides is 1. The number of rotatable bonds is 7. The summed E-state index contributed by atoms with van der Waals surface area (Å²) in [4.78, 5) is 18.8. The lowest BCUT2D eigenvalue weighted by atomic mass is 9.93. The lowest BCUT2D eigenvalue weighted by Gasteiger charge is -2.29. The Morgan fingerprint density at radius 1 is 0.974 bits per heavy atom. The van der Waals surface area contributed by atoms with E-state index in [2.05, 4.69) is 65.1 Å². The van der Waals surface area contributed by atoms with Gasteiger partial charge in [0, 0.05) is 47.3 Å². The Bertz CT molecular complexity index is 1450. The zero-order valence-corrected chi connectivity index (χ0v) is 22.8. The van der Waals surface area contributed by atoms with Crippen LogP contribution in [0.15, 0.2) is 79.0 Å². The van der Waals surface area contributed by atoms with Crippen LogP contribution in [0.4, 0.5) is 11.4 Å². The van der Waals surface area contributed by atoms with E-state index in [-0.39, 0.29) is 24.6 Å². The second-order valence-corrected chi connectivity index (χ2v) is 9.79. The predicted molar refractivity (Wildman–Crippen MR) is 155 cm³/mol. The second-order valence-electron chi connectivity index (χ2n) is 9.41. The van der Waals surface area contributed by atoms with E-state index in [1.807, 2.05) is 54.7 Å². The molecule has 8 heteroatoms. The van der Waals surface area contributed by atoms with Crippen LogP contribution in [-0.2, 0) is 9.53 Å². The van der Waals surface area contributed by atoms with Gasteiger partial charge in [0.25, 0.3) is 0 Å². The van der Waals surface area contributed by atoms with Crippen LogP contribution in [0.5, 0.6) is 0 Å². The minimum absolute atomic E-state index is 0.00597. The van der Waals surface area contributed by atoms with E-state index in [1.54, 1.807) is 0 Å². The van der Waals surface area contributed by atoms with E-state index >= 15 is 0 Å². The fourth-order valence-corrected chi connectivity index (χ4v) is 5.71. The molecule has 2 atom stereocenters. The number of hydrogen-bond acceptors (Lipinski definition) is 4. The van der Waals surface area contributed by atoms with Gasteiger partial charge >= 0.3 is 0 Å². The lowest BCUT2D eigenvalue weighted by Crippen LogP contribution is -2.29. The molecule has 1 aliphatic rings. The number of pyridine rings is 1. The lowest BCUT2D eigenvalue weighted by molar-refractivity contribution is -0.119. The van der Waals surface area contributed by atoms with E-state index in [1.165, 1.54) is 23.9 Å². The van der Waals surface area contributed by atoms with Crippen molar-refractivity contribution in [1.29, 1.82) is 0 Å². The minimum atomic E-state index is -0.198. The van der Waals surface area contributed by atoms with Gasteiger partial charge in [0.15, 0.2) is 5.11 Å². The summed E-state index contributed by atoms with van der Waals surface area (Å²) in [5.41, 5.74) is 8.47. The van der Waals surface area contributed by atoms with Gasteiger partial charge in [-0.15, -0.1) is 0 Å². The summed E-state index contributed by atoms with van der Waals surface area (Å²) in [6, 6.07) is 23.8. The number of thiocarbonyl (C=S) groups is 1. The smallest absolute Gasteiger partial charge is 0.250 e. The van der Waals surface area contributed by atoms with Crippen LogP contribution in [0.1, 0.15) is 40.3 Å². The Kier molecular flexibility index (Phi) is 7.26. The Morgan fingerprint density at radius 2 is 1.68 bits per heavy atom. The number of nitrogens with one attached hydrogen (secondary N) is 2. The fourth-order valence-electron chi connectivity index (χ4n) is 5.37. The summed E-state index contributed by atoms with van der Waals surface area (Å²) >= 11 is 5.93. The first-order valence-electron chi connectivity index (χ1n) is 12.5. The Labute approximate surface area is 228 Å². The topological polar surface area (TPSA) is 71.4 Å². The molecule has 0 aliphatic carbocycles. The number of methoxy groups -OCH3 is 1. The van der Waals surface area contributed by atoms with Gasteiger partial charge in [0.1, 0.15) is 6.61 Å². The molecule has 2 N–H and O–H groups in total. The summed E-state index contributed by atoms with van der Waals surface area (Å²) in [7, 11) is 1.50. The maximum absolute atomic E-state index is 12.0. The van der Waals surface area contributed by atoms with Crippen molar-refractivity contribution in [3.63, 3.8) is 0 Å².